The maximum absolute atomic E-state index is 11.8. The van der Waals surface area contributed by atoms with Crippen LogP contribution in [0.15, 0.2) is 5.10 Å². The van der Waals surface area contributed by atoms with Gasteiger partial charge in [0.1, 0.15) is 11.7 Å². The summed E-state index contributed by atoms with van der Waals surface area (Å²) in [5.74, 6) is 0. The maximum Gasteiger partial charge on any atom is 0.407 e. The first-order valence-corrected chi connectivity index (χ1v) is 6.88. The van der Waals surface area contributed by atoms with E-state index in [0.29, 0.717) is 12.8 Å². The summed E-state index contributed by atoms with van der Waals surface area (Å²) in [5, 5.41) is 16.9. The third-order valence-electron chi connectivity index (χ3n) is 3.10. The molecule has 0 saturated carbocycles. The molecule has 1 heterocycles. The van der Waals surface area contributed by atoms with Crippen molar-refractivity contribution in [3.8, 4) is 0 Å². The number of aliphatic hydroxyl groups is 1. The summed E-state index contributed by atoms with van der Waals surface area (Å²) < 4.78 is 10.6. The number of alkyl carbamates (subject to hydrolysis) is 1. The SMILES string of the molecule is CCC(NC(=O)OC(C)(C)C)C(O)C1(CC)NN=CO1. The first-order valence-electron chi connectivity index (χ1n) is 6.88. The minimum Gasteiger partial charge on any atom is -0.452 e. The molecule has 1 aliphatic rings. The van der Waals surface area contributed by atoms with Gasteiger partial charge in [-0.15, -0.1) is 5.10 Å². The van der Waals surface area contributed by atoms with Crippen molar-refractivity contribution in [2.75, 3.05) is 0 Å². The standard InChI is InChI=1S/C13H25N3O4/c1-6-9(15-11(18)20-12(3,4)5)10(17)13(7-2)16-14-8-19-13/h8-10,16-17H,6-7H2,1-5H3,(H,15,18). The van der Waals surface area contributed by atoms with E-state index in [1.54, 1.807) is 20.8 Å². The van der Waals surface area contributed by atoms with Crippen molar-refractivity contribution in [1.29, 1.82) is 0 Å². The molecule has 0 aliphatic carbocycles. The lowest BCUT2D eigenvalue weighted by molar-refractivity contribution is -0.0869. The molecule has 20 heavy (non-hydrogen) atoms. The molecule has 1 amide bonds. The molecule has 0 radical (unpaired) electrons. The predicted molar refractivity (Wildman–Crippen MR) is 75.2 cm³/mol. The molecule has 0 spiro atoms. The molecule has 0 aromatic carbocycles. The van der Waals surface area contributed by atoms with Crippen molar-refractivity contribution >= 4 is 12.5 Å². The zero-order chi connectivity index (χ0) is 15.4. The zero-order valence-electron chi connectivity index (χ0n) is 12.8. The fourth-order valence-electron chi connectivity index (χ4n) is 1.98. The van der Waals surface area contributed by atoms with E-state index in [0.717, 1.165) is 0 Å². The maximum atomic E-state index is 11.8. The Labute approximate surface area is 119 Å². The monoisotopic (exact) mass is 287 g/mol. The number of rotatable bonds is 5. The van der Waals surface area contributed by atoms with Gasteiger partial charge >= 0.3 is 6.09 Å². The fourth-order valence-corrected chi connectivity index (χ4v) is 1.98. The molecule has 0 aromatic heterocycles. The van der Waals surface area contributed by atoms with Crippen LogP contribution in [0.4, 0.5) is 4.79 Å². The van der Waals surface area contributed by atoms with Crippen LogP contribution in [-0.2, 0) is 9.47 Å². The normalized spacial score (nSPS) is 24.5. The number of amides is 1. The van der Waals surface area contributed by atoms with Crippen LogP contribution in [0.1, 0.15) is 47.5 Å². The van der Waals surface area contributed by atoms with Crippen molar-refractivity contribution in [2.24, 2.45) is 5.10 Å². The molecule has 0 fully saturated rings. The fraction of sp³-hybridized carbons (Fsp3) is 0.846. The molecule has 0 aromatic rings. The van der Waals surface area contributed by atoms with E-state index in [1.807, 2.05) is 13.8 Å². The summed E-state index contributed by atoms with van der Waals surface area (Å²) in [6, 6.07) is -0.501. The smallest absolute Gasteiger partial charge is 0.407 e. The molecular formula is C13H25N3O4. The molecule has 1 rings (SSSR count). The average Bonchev–Trinajstić information content (AvgIpc) is 2.82. The van der Waals surface area contributed by atoms with Crippen molar-refractivity contribution in [3.63, 3.8) is 0 Å². The van der Waals surface area contributed by atoms with Crippen LogP contribution in [0, 0.1) is 0 Å². The average molecular weight is 287 g/mol. The van der Waals surface area contributed by atoms with Crippen molar-refractivity contribution in [3.05, 3.63) is 0 Å². The van der Waals surface area contributed by atoms with Crippen LogP contribution in [0.3, 0.4) is 0 Å². The molecule has 3 N–H and O–H groups in total. The molecule has 7 heteroatoms. The van der Waals surface area contributed by atoms with E-state index in [4.69, 9.17) is 9.47 Å². The van der Waals surface area contributed by atoms with Crippen LogP contribution < -0.4 is 10.7 Å². The highest BCUT2D eigenvalue weighted by molar-refractivity contribution is 5.68. The Morgan fingerprint density at radius 1 is 1.55 bits per heavy atom. The number of hydrogen-bond donors (Lipinski definition) is 3. The summed E-state index contributed by atoms with van der Waals surface area (Å²) in [6.07, 6.45) is 0.780. The van der Waals surface area contributed by atoms with Gasteiger partial charge in [0.2, 0.25) is 5.72 Å². The van der Waals surface area contributed by atoms with Crippen LogP contribution in [0.5, 0.6) is 0 Å². The number of aliphatic hydroxyl groups excluding tert-OH is 1. The highest BCUT2D eigenvalue weighted by Crippen LogP contribution is 2.23. The van der Waals surface area contributed by atoms with Gasteiger partial charge in [0.05, 0.1) is 6.04 Å². The molecule has 7 nitrogen and oxygen atoms in total. The second-order valence-electron chi connectivity index (χ2n) is 5.81. The molecule has 116 valence electrons. The number of carbonyl (C=O) groups excluding carboxylic acids is 1. The topological polar surface area (TPSA) is 92.2 Å². The van der Waals surface area contributed by atoms with Crippen molar-refractivity contribution in [1.82, 2.24) is 10.7 Å². The summed E-state index contributed by atoms with van der Waals surface area (Å²) in [5.41, 5.74) is 1.17. The Kier molecular flexibility index (Phi) is 5.21. The molecule has 0 saturated heterocycles. The number of nitrogens with one attached hydrogen (secondary N) is 2. The quantitative estimate of drug-likeness (QED) is 0.709. The Hall–Kier alpha value is -1.50. The lowest BCUT2D eigenvalue weighted by atomic mass is 9.95. The van der Waals surface area contributed by atoms with Crippen molar-refractivity contribution < 1.29 is 19.4 Å². The number of hydrazone groups is 1. The Balaban J connectivity index is 2.68. The van der Waals surface area contributed by atoms with Gasteiger partial charge in [0.15, 0.2) is 6.40 Å². The van der Waals surface area contributed by atoms with Crippen LogP contribution in [0.25, 0.3) is 0 Å². The predicted octanol–water partition coefficient (Wildman–Crippen LogP) is 1.32. The van der Waals surface area contributed by atoms with Gasteiger partial charge in [-0.2, -0.15) is 0 Å². The Morgan fingerprint density at radius 3 is 2.60 bits per heavy atom. The minimum atomic E-state index is -1.00. The lowest BCUT2D eigenvalue weighted by Gasteiger charge is -2.36. The van der Waals surface area contributed by atoms with E-state index < -0.39 is 29.6 Å². The van der Waals surface area contributed by atoms with E-state index in [-0.39, 0.29) is 0 Å². The number of hydrogen-bond acceptors (Lipinski definition) is 6. The second-order valence-corrected chi connectivity index (χ2v) is 5.81. The highest BCUT2D eigenvalue weighted by atomic mass is 16.6. The van der Waals surface area contributed by atoms with Gasteiger partial charge in [-0.3, -0.25) is 5.43 Å². The number of nitrogens with zero attached hydrogens (tertiary/aromatic N) is 1. The lowest BCUT2D eigenvalue weighted by Crippen LogP contribution is -2.60. The van der Waals surface area contributed by atoms with Crippen molar-refractivity contribution in [2.45, 2.75) is 70.9 Å². The first kappa shape index (κ1) is 16.6. The second kappa shape index (κ2) is 6.30. The number of carbonyl (C=O) groups is 1. The van der Waals surface area contributed by atoms with E-state index in [9.17, 15) is 9.90 Å². The molecule has 3 unspecified atom stereocenters. The highest BCUT2D eigenvalue weighted by Gasteiger charge is 2.45. The van der Waals surface area contributed by atoms with Gasteiger partial charge in [-0.05, 0) is 27.2 Å². The van der Waals surface area contributed by atoms with Crippen LogP contribution in [-0.4, -0.2) is 41.1 Å². The molecular weight excluding hydrogens is 262 g/mol. The number of ether oxygens (including phenoxy) is 2. The third-order valence-corrected chi connectivity index (χ3v) is 3.10. The van der Waals surface area contributed by atoms with E-state index in [2.05, 4.69) is 15.8 Å². The largest absolute Gasteiger partial charge is 0.452 e. The summed E-state index contributed by atoms with van der Waals surface area (Å²) in [6.45, 7) is 9.09. The summed E-state index contributed by atoms with van der Waals surface area (Å²) >= 11 is 0. The van der Waals surface area contributed by atoms with Crippen LogP contribution >= 0.6 is 0 Å². The summed E-state index contributed by atoms with van der Waals surface area (Å²) in [7, 11) is 0. The van der Waals surface area contributed by atoms with Gasteiger partial charge in [-0.25, -0.2) is 4.79 Å². The zero-order valence-corrected chi connectivity index (χ0v) is 12.8. The first-order chi connectivity index (χ1) is 9.24. The molecule has 3 atom stereocenters. The third kappa shape index (κ3) is 4.00. The molecule has 0 bridgehead atoms. The van der Waals surface area contributed by atoms with E-state index in [1.165, 1.54) is 6.40 Å². The van der Waals surface area contributed by atoms with E-state index >= 15 is 0 Å². The van der Waals surface area contributed by atoms with Gasteiger partial charge < -0.3 is 19.9 Å². The van der Waals surface area contributed by atoms with Gasteiger partial charge in [-0.1, -0.05) is 13.8 Å². The van der Waals surface area contributed by atoms with Gasteiger partial charge in [0.25, 0.3) is 0 Å². The summed E-state index contributed by atoms with van der Waals surface area (Å²) in [4.78, 5) is 11.8. The van der Waals surface area contributed by atoms with Crippen LogP contribution in [0.2, 0.25) is 0 Å². The molecule has 1 aliphatic heterocycles. The van der Waals surface area contributed by atoms with Gasteiger partial charge in [0, 0.05) is 6.42 Å². The Bertz CT molecular complexity index is 357. The minimum absolute atomic E-state index is 0.501. The Morgan fingerprint density at radius 2 is 2.20 bits per heavy atom.